The molecule has 0 saturated carbocycles. The molecule has 2 aromatic rings. The fraction of sp³-hybridized carbons (Fsp3) is 0. The van der Waals surface area contributed by atoms with Gasteiger partial charge in [-0.1, -0.05) is 30.3 Å². The van der Waals surface area contributed by atoms with E-state index in [1.165, 1.54) is 0 Å². The van der Waals surface area contributed by atoms with Gasteiger partial charge in [0.05, 0.1) is 11.7 Å². The van der Waals surface area contributed by atoms with E-state index >= 15 is 0 Å². The third kappa shape index (κ3) is 1.16. The molecule has 0 unspecified atom stereocenters. The lowest BCUT2D eigenvalue weighted by atomic mass is 10.2. The number of nitrogen functional groups attached to an aromatic ring is 1. The van der Waals surface area contributed by atoms with Crippen LogP contribution in [0.3, 0.4) is 0 Å². The lowest BCUT2D eigenvalue weighted by Crippen LogP contribution is -1.87. The maximum absolute atomic E-state index is 5.61. The second-order valence-corrected chi connectivity index (χ2v) is 2.89. The molecule has 0 bridgehead atoms. The minimum Gasteiger partial charge on any atom is -0.381 e. The van der Waals surface area contributed by atoms with Crippen LogP contribution in [0.15, 0.2) is 30.3 Å². The van der Waals surface area contributed by atoms with Crippen molar-refractivity contribution in [2.45, 2.75) is 0 Å². The van der Waals surface area contributed by atoms with Crippen LogP contribution >= 0.6 is 11.7 Å². The minimum atomic E-state index is 0.506. The fourth-order valence-electron chi connectivity index (χ4n) is 0.992. The highest BCUT2D eigenvalue weighted by Crippen LogP contribution is 2.22. The van der Waals surface area contributed by atoms with Gasteiger partial charge in [0, 0.05) is 5.56 Å². The SMILES string of the molecule is Nc1nsnc1-c1ccccc1. The van der Waals surface area contributed by atoms with Crippen molar-refractivity contribution in [2.24, 2.45) is 0 Å². The second-order valence-electron chi connectivity index (χ2n) is 2.36. The van der Waals surface area contributed by atoms with Crippen molar-refractivity contribution < 1.29 is 0 Å². The standard InChI is InChI=1S/C8H7N3S/c9-8-7(10-12-11-8)6-4-2-1-3-5-6/h1-5H,(H2,9,11). The average molecular weight is 177 g/mol. The monoisotopic (exact) mass is 177 g/mol. The van der Waals surface area contributed by atoms with Gasteiger partial charge >= 0.3 is 0 Å². The van der Waals surface area contributed by atoms with Crippen molar-refractivity contribution in [1.29, 1.82) is 0 Å². The number of hydrogen-bond acceptors (Lipinski definition) is 4. The van der Waals surface area contributed by atoms with Gasteiger partial charge in [0.15, 0.2) is 5.82 Å². The molecule has 1 aromatic heterocycles. The van der Waals surface area contributed by atoms with Crippen molar-refractivity contribution >= 4 is 17.5 Å². The van der Waals surface area contributed by atoms with E-state index in [1.54, 1.807) is 0 Å². The molecule has 0 aliphatic heterocycles. The Balaban J connectivity index is 2.51. The van der Waals surface area contributed by atoms with Crippen molar-refractivity contribution in [1.82, 2.24) is 8.75 Å². The molecule has 2 rings (SSSR count). The minimum absolute atomic E-state index is 0.506. The van der Waals surface area contributed by atoms with E-state index in [1.807, 2.05) is 30.3 Å². The van der Waals surface area contributed by atoms with E-state index in [0.29, 0.717) is 5.82 Å². The number of hydrogen-bond donors (Lipinski definition) is 1. The van der Waals surface area contributed by atoms with Crippen LogP contribution in [0.1, 0.15) is 0 Å². The van der Waals surface area contributed by atoms with Gasteiger partial charge in [-0.15, -0.1) is 0 Å². The van der Waals surface area contributed by atoms with Crippen molar-refractivity contribution in [3.8, 4) is 11.3 Å². The maximum Gasteiger partial charge on any atom is 0.165 e. The summed E-state index contributed by atoms with van der Waals surface area (Å²) in [7, 11) is 0. The first kappa shape index (κ1) is 7.24. The quantitative estimate of drug-likeness (QED) is 0.722. The smallest absolute Gasteiger partial charge is 0.165 e. The van der Waals surface area contributed by atoms with Gasteiger partial charge in [-0.05, 0) is 0 Å². The van der Waals surface area contributed by atoms with Crippen LogP contribution in [0.4, 0.5) is 5.82 Å². The number of rotatable bonds is 1. The first-order valence-corrected chi connectivity index (χ1v) is 4.24. The zero-order valence-electron chi connectivity index (χ0n) is 6.27. The van der Waals surface area contributed by atoms with Gasteiger partial charge in [0.1, 0.15) is 5.69 Å². The topological polar surface area (TPSA) is 51.8 Å². The van der Waals surface area contributed by atoms with E-state index in [4.69, 9.17) is 5.73 Å². The molecule has 0 aliphatic rings. The van der Waals surface area contributed by atoms with Crippen LogP contribution < -0.4 is 5.73 Å². The van der Waals surface area contributed by atoms with Crippen molar-refractivity contribution in [3.05, 3.63) is 30.3 Å². The molecular formula is C8H7N3S. The molecule has 0 saturated heterocycles. The Bertz CT molecular complexity index is 369. The molecule has 0 atom stereocenters. The highest BCUT2D eigenvalue weighted by molar-refractivity contribution is 6.99. The summed E-state index contributed by atoms with van der Waals surface area (Å²) in [4.78, 5) is 0. The number of anilines is 1. The van der Waals surface area contributed by atoms with Crippen LogP contribution in [0, 0.1) is 0 Å². The molecule has 0 spiro atoms. The summed E-state index contributed by atoms with van der Waals surface area (Å²) in [6, 6.07) is 9.79. The predicted molar refractivity (Wildman–Crippen MR) is 49.8 cm³/mol. The lowest BCUT2D eigenvalue weighted by molar-refractivity contribution is 1.49. The van der Waals surface area contributed by atoms with E-state index in [2.05, 4.69) is 8.75 Å². The number of benzene rings is 1. The molecule has 12 heavy (non-hydrogen) atoms. The summed E-state index contributed by atoms with van der Waals surface area (Å²) in [5.41, 5.74) is 7.41. The lowest BCUT2D eigenvalue weighted by Gasteiger charge is -1.94. The molecule has 4 heteroatoms. The Kier molecular flexibility index (Phi) is 1.75. The molecule has 0 amide bonds. The number of nitrogens with zero attached hydrogens (tertiary/aromatic N) is 2. The van der Waals surface area contributed by atoms with Gasteiger partial charge < -0.3 is 5.73 Å². The molecule has 1 aromatic carbocycles. The largest absolute Gasteiger partial charge is 0.381 e. The summed E-state index contributed by atoms with van der Waals surface area (Å²) in [6.45, 7) is 0. The highest BCUT2D eigenvalue weighted by Gasteiger charge is 2.04. The number of aromatic nitrogens is 2. The van der Waals surface area contributed by atoms with E-state index in [0.717, 1.165) is 23.0 Å². The molecule has 1 heterocycles. The molecule has 0 radical (unpaired) electrons. The summed E-state index contributed by atoms with van der Waals surface area (Å²) in [5, 5.41) is 0. The summed E-state index contributed by atoms with van der Waals surface area (Å²) < 4.78 is 7.99. The molecule has 0 fully saturated rings. The van der Waals surface area contributed by atoms with Crippen LogP contribution in [-0.4, -0.2) is 8.75 Å². The van der Waals surface area contributed by atoms with Gasteiger partial charge in [0.25, 0.3) is 0 Å². The molecule has 2 N–H and O–H groups in total. The second kappa shape index (κ2) is 2.91. The van der Waals surface area contributed by atoms with Gasteiger partial charge in [-0.25, -0.2) is 0 Å². The van der Waals surface area contributed by atoms with Gasteiger partial charge in [0.2, 0.25) is 0 Å². The maximum atomic E-state index is 5.61. The summed E-state index contributed by atoms with van der Waals surface area (Å²) in [6.07, 6.45) is 0. The molecule has 3 nitrogen and oxygen atoms in total. The zero-order chi connectivity index (χ0) is 8.39. The summed E-state index contributed by atoms with van der Waals surface area (Å²) >= 11 is 1.14. The molecule has 60 valence electrons. The Morgan fingerprint density at radius 1 is 1.08 bits per heavy atom. The van der Waals surface area contributed by atoms with E-state index < -0.39 is 0 Å². The fourth-order valence-corrected chi connectivity index (χ4v) is 1.49. The third-order valence-electron chi connectivity index (χ3n) is 1.56. The van der Waals surface area contributed by atoms with Gasteiger partial charge in [-0.2, -0.15) is 8.75 Å². The zero-order valence-corrected chi connectivity index (χ0v) is 7.08. The van der Waals surface area contributed by atoms with Crippen LogP contribution in [0.25, 0.3) is 11.3 Å². The van der Waals surface area contributed by atoms with Crippen LogP contribution in [0.5, 0.6) is 0 Å². The molecular weight excluding hydrogens is 170 g/mol. The van der Waals surface area contributed by atoms with E-state index in [9.17, 15) is 0 Å². The predicted octanol–water partition coefficient (Wildman–Crippen LogP) is 1.79. The average Bonchev–Trinajstić information content (AvgIpc) is 2.53. The van der Waals surface area contributed by atoms with Crippen LogP contribution in [0.2, 0.25) is 0 Å². The first-order chi connectivity index (χ1) is 5.88. The van der Waals surface area contributed by atoms with Crippen molar-refractivity contribution in [3.63, 3.8) is 0 Å². The Hall–Kier alpha value is -1.42. The number of nitrogens with two attached hydrogens (primary N) is 1. The normalized spacial score (nSPS) is 10.0. The van der Waals surface area contributed by atoms with Crippen molar-refractivity contribution in [2.75, 3.05) is 5.73 Å². The first-order valence-electron chi connectivity index (χ1n) is 3.51. The molecule has 0 aliphatic carbocycles. The highest BCUT2D eigenvalue weighted by atomic mass is 32.1. The van der Waals surface area contributed by atoms with E-state index in [-0.39, 0.29) is 0 Å². The Morgan fingerprint density at radius 3 is 2.42 bits per heavy atom. The van der Waals surface area contributed by atoms with Crippen LogP contribution in [-0.2, 0) is 0 Å². The third-order valence-corrected chi connectivity index (χ3v) is 2.10. The van der Waals surface area contributed by atoms with Gasteiger partial charge in [-0.3, -0.25) is 0 Å². The Labute approximate surface area is 74.2 Å². The Morgan fingerprint density at radius 2 is 1.83 bits per heavy atom. The summed E-state index contributed by atoms with van der Waals surface area (Å²) in [5.74, 6) is 0.506.